The van der Waals surface area contributed by atoms with Gasteiger partial charge in [0.2, 0.25) is 0 Å². The van der Waals surface area contributed by atoms with Crippen LogP contribution in [0.2, 0.25) is 5.02 Å². The van der Waals surface area contributed by atoms with Crippen LogP contribution in [0.4, 0.5) is 0 Å². The maximum absolute atomic E-state index is 11.1. The maximum atomic E-state index is 11.1. The molecule has 0 bridgehead atoms. The largest absolute Gasteiger partial charge is 0.495 e. The van der Waals surface area contributed by atoms with E-state index in [4.69, 9.17) is 21.4 Å². The summed E-state index contributed by atoms with van der Waals surface area (Å²) in [7, 11) is 1.56. The Hall–Kier alpha value is -1.94. The minimum atomic E-state index is -0.947. The van der Waals surface area contributed by atoms with Crippen LogP contribution in [0.15, 0.2) is 18.2 Å². The zero-order valence-electron chi connectivity index (χ0n) is 10.9. The molecule has 0 spiro atoms. The number of aromatic carboxylic acids is 1. The first-order chi connectivity index (χ1) is 8.93. The second kappa shape index (κ2) is 4.97. The predicted molar refractivity (Wildman–Crippen MR) is 74.2 cm³/mol. The molecule has 0 aliphatic carbocycles. The van der Waals surface area contributed by atoms with Gasteiger partial charge in [0.25, 0.3) is 0 Å². The van der Waals surface area contributed by atoms with Gasteiger partial charge in [0.1, 0.15) is 5.75 Å². The van der Waals surface area contributed by atoms with Crippen LogP contribution in [0.25, 0.3) is 11.3 Å². The lowest BCUT2D eigenvalue weighted by Crippen LogP contribution is -1.95. The number of hydrogen-bond donors (Lipinski definition) is 2. The van der Waals surface area contributed by atoms with E-state index in [1.54, 1.807) is 26.2 Å². The molecule has 0 aliphatic rings. The van der Waals surface area contributed by atoms with Crippen molar-refractivity contribution >= 4 is 17.6 Å². The number of ether oxygens (including phenoxy) is 1. The van der Waals surface area contributed by atoms with E-state index in [0.717, 1.165) is 16.8 Å². The molecule has 5 heteroatoms. The molecule has 4 nitrogen and oxygen atoms in total. The van der Waals surface area contributed by atoms with E-state index in [0.29, 0.717) is 16.5 Å². The van der Waals surface area contributed by atoms with Gasteiger partial charge in [-0.1, -0.05) is 11.6 Å². The quantitative estimate of drug-likeness (QED) is 0.901. The Kier molecular flexibility index (Phi) is 3.53. The highest BCUT2D eigenvalue weighted by atomic mass is 35.5. The molecule has 0 fully saturated rings. The highest BCUT2D eigenvalue weighted by Gasteiger charge is 2.15. The van der Waals surface area contributed by atoms with E-state index >= 15 is 0 Å². The van der Waals surface area contributed by atoms with Crippen molar-refractivity contribution in [3.8, 4) is 17.0 Å². The van der Waals surface area contributed by atoms with Crippen molar-refractivity contribution in [3.05, 3.63) is 40.0 Å². The van der Waals surface area contributed by atoms with Gasteiger partial charge in [-0.3, -0.25) is 0 Å². The van der Waals surface area contributed by atoms with Gasteiger partial charge in [-0.15, -0.1) is 0 Å². The Morgan fingerprint density at radius 2 is 2.00 bits per heavy atom. The van der Waals surface area contributed by atoms with Crippen LogP contribution in [0.3, 0.4) is 0 Å². The Morgan fingerprint density at radius 1 is 1.32 bits per heavy atom. The van der Waals surface area contributed by atoms with Gasteiger partial charge in [0.15, 0.2) is 0 Å². The molecule has 0 unspecified atom stereocenters. The van der Waals surface area contributed by atoms with E-state index in [2.05, 4.69) is 4.98 Å². The van der Waals surface area contributed by atoms with Crippen LogP contribution < -0.4 is 4.74 Å². The molecule has 0 radical (unpaired) electrons. The number of carbonyl (C=O) groups is 1. The highest BCUT2D eigenvalue weighted by molar-refractivity contribution is 6.32. The summed E-state index contributed by atoms with van der Waals surface area (Å²) in [4.78, 5) is 14.1. The minimum absolute atomic E-state index is 0.265. The van der Waals surface area contributed by atoms with Crippen LogP contribution in [-0.2, 0) is 0 Å². The first kappa shape index (κ1) is 13.5. The number of rotatable bonds is 3. The van der Waals surface area contributed by atoms with Crippen molar-refractivity contribution in [1.29, 1.82) is 0 Å². The normalized spacial score (nSPS) is 10.5. The first-order valence-corrected chi connectivity index (χ1v) is 6.09. The molecule has 2 N–H and O–H groups in total. The predicted octanol–water partition coefficient (Wildman–Crippen LogP) is 3.66. The average Bonchev–Trinajstić information content (AvgIpc) is 2.73. The van der Waals surface area contributed by atoms with E-state index in [1.807, 2.05) is 13.0 Å². The second-order valence-corrected chi connectivity index (χ2v) is 4.74. The molecule has 0 atom stereocenters. The molecule has 19 heavy (non-hydrogen) atoms. The summed E-state index contributed by atoms with van der Waals surface area (Å²) in [5, 5.41) is 9.56. The van der Waals surface area contributed by atoms with Crippen molar-refractivity contribution in [3.63, 3.8) is 0 Å². The Bertz CT molecular complexity index is 646. The molecule has 0 aliphatic heterocycles. The van der Waals surface area contributed by atoms with Crippen molar-refractivity contribution in [1.82, 2.24) is 4.98 Å². The molecular formula is C14H14ClNO3. The fraction of sp³-hybridized carbons (Fsp3) is 0.214. The van der Waals surface area contributed by atoms with Gasteiger partial charge in [0, 0.05) is 17.0 Å². The number of nitrogens with one attached hydrogen (secondary N) is 1. The lowest BCUT2D eigenvalue weighted by Gasteiger charge is -2.09. The third-order valence-electron chi connectivity index (χ3n) is 3.03. The van der Waals surface area contributed by atoms with Crippen molar-refractivity contribution < 1.29 is 14.6 Å². The molecule has 100 valence electrons. The molecule has 0 amide bonds. The summed E-state index contributed by atoms with van der Waals surface area (Å²) >= 11 is 6.11. The summed E-state index contributed by atoms with van der Waals surface area (Å²) in [6.45, 7) is 3.65. The Morgan fingerprint density at radius 3 is 2.53 bits per heavy atom. The molecular weight excluding hydrogens is 266 g/mol. The molecule has 1 heterocycles. The number of aryl methyl sites for hydroxylation is 2. The van der Waals surface area contributed by atoms with Gasteiger partial charge in [-0.2, -0.15) is 0 Å². The van der Waals surface area contributed by atoms with Crippen LogP contribution in [-0.4, -0.2) is 23.2 Å². The number of aromatic amines is 1. The van der Waals surface area contributed by atoms with Gasteiger partial charge in [0.05, 0.1) is 17.7 Å². The number of carboxylic acid groups (broad SMARTS) is 1. The number of methoxy groups -OCH3 is 1. The molecule has 2 rings (SSSR count). The number of aromatic nitrogens is 1. The fourth-order valence-corrected chi connectivity index (χ4v) is 2.27. The Balaban J connectivity index is 2.56. The van der Waals surface area contributed by atoms with Crippen LogP contribution in [0.5, 0.6) is 5.75 Å². The van der Waals surface area contributed by atoms with Crippen molar-refractivity contribution in [2.24, 2.45) is 0 Å². The van der Waals surface area contributed by atoms with E-state index in [9.17, 15) is 4.79 Å². The smallest absolute Gasteiger partial charge is 0.337 e. The van der Waals surface area contributed by atoms with Crippen molar-refractivity contribution in [2.75, 3.05) is 7.11 Å². The third kappa shape index (κ3) is 2.44. The van der Waals surface area contributed by atoms with E-state index in [1.165, 1.54) is 0 Å². The number of hydrogen-bond acceptors (Lipinski definition) is 2. The summed E-state index contributed by atoms with van der Waals surface area (Å²) in [5.41, 5.74) is 3.44. The monoisotopic (exact) mass is 279 g/mol. The van der Waals surface area contributed by atoms with E-state index < -0.39 is 5.97 Å². The molecule has 1 aromatic carbocycles. The highest BCUT2D eigenvalue weighted by Crippen LogP contribution is 2.33. The lowest BCUT2D eigenvalue weighted by atomic mass is 10.1. The van der Waals surface area contributed by atoms with E-state index in [-0.39, 0.29) is 5.56 Å². The van der Waals surface area contributed by atoms with Gasteiger partial charge in [-0.25, -0.2) is 4.79 Å². The molecule has 1 aromatic heterocycles. The number of benzene rings is 1. The summed E-state index contributed by atoms with van der Waals surface area (Å²) < 4.78 is 5.15. The number of H-pyrrole nitrogens is 1. The topological polar surface area (TPSA) is 62.3 Å². The standard InChI is InChI=1S/C14H14ClNO3/c1-7-4-13(19-3)11(15)5-9(7)12-6-10(14(17)18)8(2)16-12/h4-6,16H,1-3H3,(H,17,18). The van der Waals surface area contributed by atoms with Crippen LogP contribution in [0.1, 0.15) is 21.6 Å². The molecule has 2 aromatic rings. The third-order valence-corrected chi connectivity index (χ3v) is 3.33. The second-order valence-electron chi connectivity index (χ2n) is 4.33. The fourth-order valence-electron chi connectivity index (χ4n) is 2.03. The zero-order valence-corrected chi connectivity index (χ0v) is 11.6. The number of halogens is 1. The van der Waals surface area contributed by atoms with Gasteiger partial charge >= 0.3 is 5.97 Å². The average molecular weight is 280 g/mol. The van der Waals surface area contributed by atoms with Crippen LogP contribution >= 0.6 is 11.6 Å². The minimum Gasteiger partial charge on any atom is -0.495 e. The lowest BCUT2D eigenvalue weighted by molar-refractivity contribution is 0.0696. The zero-order chi connectivity index (χ0) is 14.2. The van der Waals surface area contributed by atoms with Gasteiger partial charge < -0.3 is 14.8 Å². The summed E-state index contributed by atoms with van der Waals surface area (Å²) in [6.07, 6.45) is 0. The summed E-state index contributed by atoms with van der Waals surface area (Å²) in [6, 6.07) is 5.21. The Labute approximate surface area is 116 Å². The molecule has 0 saturated heterocycles. The first-order valence-electron chi connectivity index (χ1n) is 5.71. The molecule has 0 saturated carbocycles. The SMILES string of the molecule is COc1cc(C)c(-c2cc(C(=O)O)c(C)[nH]2)cc1Cl. The number of carboxylic acids is 1. The van der Waals surface area contributed by atoms with Gasteiger partial charge in [-0.05, 0) is 37.6 Å². The maximum Gasteiger partial charge on any atom is 0.337 e. The summed E-state index contributed by atoms with van der Waals surface area (Å²) in [5.74, 6) is -0.345. The van der Waals surface area contributed by atoms with Crippen LogP contribution in [0, 0.1) is 13.8 Å². The van der Waals surface area contributed by atoms with Crippen molar-refractivity contribution in [2.45, 2.75) is 13.8 Å².